The number of ketones is 1. The molecule has 318 valence electrons. The van der Waals surface area contributed by atoms with E-state index in [1.54, 1.807) is 0 Å². The predicted molar refractivity (Wildman–Crippen MR) is 262 cm³/mol. The number of carbonyl (C=O) groups excluding carboxylic acids is 2. The molecule has 0 saturated carbocycles. The summed E-state index contributed by atoms with van der Waals surface area (Å²) in [6, 6.07) is 25.2. The third-order valence-corrected chi connectivity index (χ3v) is 12.4. The monoisotopic (exact) mass is 813 g/mol. The standard InChI is InChI=1S/C55H62N2O2.C2H6/c1-34-15-19-41(56-26-25-40(55(12,13)14)27-35(2)44-29-37(52(3,4)5)16-22-48(44)56)32-45(34)51(59)43-21-20-42(28-36(43)33-58)57-49-23-17-38(53(6,7)8)30-46(49)47-31-39(54(9,10)11)18-24-50(47)57;1-2/h15-17,19-23,25-33H,2,18,24H2,1,3-14H3;1-2H3/b26-25-,40-27+;. The molecule has 0 saturated heterocycles. The molecule has 7 rings (SSSR count). The molecule has 61 heavy (non-hydrogen) atoms. The van der Waals surface area contributed by atoms with Crippen molar-refractivity contribution in [3.8, 4) is 5.69 Å². The van der Waals surface area contributed by atoms with E-state index < -0.39 is 0 Å². The maximum atomic E-state index is 14.7. The minimum Gasteiger partial charge on any atom is -0.317 e. The summed E-state index contributed by atoms with van der Waals surface area (Å²) in [5, 5.41) is 1.22. The molecule has 5 aromatic rings. The Hall–Kier alpha value is -5.48. The third kappa shape index (κ3) is 8.83. The van der Waals surface area contributed by atoms with Gasteiger partial charge in [-0.3, -0.25) is 9.59 Å². The highest BCUT2D eigenvalue weighted by atomic mass is 16.1. The van der Waals surface area contributed by atoms with Crippen molar-refractivity contribution in [1.29, 1.82) is 0 Å². The number of aromatic nitrogens is 1. The molecule has 0 bridgehead atoms. The summed E-state index contributed by atoms with van der Waals surface area (Å²) in [4.78, 5) is 29.9. The van der Waals surface area contributed by atoms with Gasteiger partial charge in [-0.1, -0.05) is 139 Å². The molecule has 0 amide bonds. The number of allylic oxidation sites excluding steroid dienone is 5. The summed E-state index contributed by atoms with van der Waals surface area (Å²) in [6.07, 6.45) is 11.6. The summed E-state index contributed by atoms with van der Waals surface area (Å²) in [5.74, 6) is -0.177. The van der Waals surface area contributed by atoms with Crippen LogP contribution < -0.4 is 4.90 Å². The molecule has 0 spiro atoms. The van der Waals surface area contributed by atoms with Gasteiger partial charge in [0.1, 0.15) is 0 Å². The number of hydrogen-bond donors (Lipinski definition) is 0. The molecule has 2 aliphatic rings. The Morgan fingerprint density at radius 1 is 0.672 bits per heavy atom. The average Bonchev–Trinajstić information content (AvgIpc) is 3.52. The number of rotatable bonds is 5. The molecule has 1 aliphatic heterocycles. The first kappa shape index (κ1) is 45.1. The van der Waals surface area contributed by atoms with Crippen molar-refractivity contribution in [1.82, 2.24) is 4.57 Å². The van der Waals surface area contributed by atoms with Gasteiger partial charge >= 0.3 is 0 Å². The van der Waals surface area contributed by atoms with Crippen LogP contribution >= 0.6 is 0 Å². The molecule has 2 heterocycles. The van der Waals surface area contributed by atoms with Crippen molar-refractivity contribution in [2.45, 2.75) is 128 Å². The highest BCUT2D eigenvalue weighted by molar-refractivity contribution is 6.14. The third-order valence-electron chi connectivity index (χ3n) is 12.4. The summed E-state index contributed by atoms with van der Waals surface area (Å²) in [7, 11) is 0. The van der Waals surface area contributed by atoms with E-state index in [0.29, 0.717) is 16.7 Å². The lowest BCUT2D eigenvalue weighted by molar-refractivity contribution is 0.102. The van der Waals surface area contributed by atoms with Crippen LogP contribution in [0.15, 0.2) is 109 Å². The smallest absolute Gasteiger partial charge is 0.194 e. The van der Waals surface area contributed by atoms with Gasteiger partial charge in [0, 0.05) is 56.5 Å². The molecule has 0 atom stereocenters. The molecule has 1 aliphatic carbocycles. The zero-order chi connectivity index (χ0) is 45.0. The minimum atomic E-state index is -0.177. The second-order valence-corrected chi connectivity index (χ2v) is 20.9. The van der Waals surface area contributed by atoms with Crippen molar-refractivity contribution in [2.24, 2.45) is 10.8 Å². The topological polar surface area (TPSA) is 42.3 Å². The number of benzene rings is 4. The first-order valence-corrected chi connectivity index (χ1v) is 22.1. The van der Waals surface area contributed by atoms with Crippen LogP contribution in [0.4, 0.5) is 11.4 Å². The van der Waals surface area contributed by atoms with Crippen LogP contribution in [-0.2, 0) is 17.3 Å². The average molecular weight is 813 g/mol. The van der Waals surface area contributed by atoms with E-state index in [2.05, 4.69) is 166 Å². The van der Waals surface area contributed by atoms with E-state index in [0.717, 1.165) is 64.0 Å². The van der Waals surface area contributed by atoms with Gasteiger partial charge < -0.3 is 9.47 Å². The number of fused-ring (bicyclic) bond motifs is 4. The van der Waals surface area contributed by atoms with Crippen LogP contribution in [0.5, 0.6) is 0 Å². The lowest BCUT2D eigenvalue weighted by Gasteiger charge is -2.30. The first-order valence-electron chi connectivity index (χ1n) is 22.1. The molecular weight excluding hydrogens is 745 g/mol. The largest absolute Gasteiger partial charge is 0.317 e. The Morgan fingerprint density at radius 2 is 1.31 bits per heavy atom. The summed E-state index contributed by atoms with van der Waals surface area (Å²) in [5.41, 5.74) is 15.5. The van der Waals surface area contributed by atoms with E-state index in [9.17, 15) is 9.59 Å². The SMILES string of the molecule is C=C1/C=C(C(C)(C)C)\C=C/N(c2ccc(C)c(C(=O)c3ccc(-n4c5c(c6cc(C(C)(C)C)ccc64)C=C(C(C)(C)C)CC5)cc3C=O)c2)c2ccc(C(C)(C)C)cc21.CC. The number of carbonyl (C=O) groups is 2. The van der Waals surface area contributed by atoms with Crippen molar-refractivity contribution in [2.75, 3.05) is 4.90 Å². The molecule has 0 unspecified atom stereocenters. The molecule has 1 aromatic heterocycles. The Bertz CT molecular complexity index is 2640. The van der Waals surface area contributed by atoms with Crippen molar-refractivity contribution < 1.29 is 9.59 Å². The van der Waals surface area contributed by atoms with Crippen molar-refractivity contribution >= 4 is 46.0 Å². The van der Waals surface area contributed by atoms with Gasteiger partial charge in [0.05, 0.1) is 11.2 Å². The van der Waals surface area contributed by atoms with Gasteiger partial charge in [-0.2, -0.15) is 0 Å². The van der Waals surface area contributed by atoms with Gasteiger partial charge in [-0.15, -0.1) is 0 Å². The second kappa shape index (κ2) is 16.4. The van der Waals surface area contributed by atoms with Crippen LogP contribution in [0.25, 0.3) is 28.2 Å². The van der Waals surface area contributed by atoms with Crippen LogP contribution in [0, 0.1) is 17.8 Å². The van der Waals surface area contributed by atoms with Gasteiger partial charge in [0.15, 0.2) is 12.1 Å². The number of nitrogens with zero attached hydrogens (tertiary/aromatic N) is 2. The van der Waals surface area contributed by atoms with Crippen molar-refractivity contribution in [3.63, 3.8) is 0 Å². The highest BCUT2D eigenvalue weighted by Gasteiger charge is 2.29. The Labute approximate surface area is 366 Å². The number of aldehydes is 1. The number of aryl methyl sites for hydroxylation is 1. The maximum Gasteiger partial charge on any atom is 0.194 e. The zero-order valence-corrected chi connectivity index (χ0v) is 39.6. The fraction of sp³-hybridized carbons (Fsp3) is 0.368. The van der Waals surface area contributed by atoms with Crippen molar-refractivity contribution in [3.05, 3.63) is 159 Å². The van der Waals surface area contributed by atoms with E-state index in [-0.39, 0.29) is 27.4 Å². The summed E-state index contributed by atoms with van der Waals surface area (Å²) < 4.78 is 2.31. The highest BCUT2D eigenvalue weighted by Crippen LogP contribution is 2.44. The summed E-state index contributed by atoms with van der Waals surface area (Å²) in [6.45, 7) is 37.5. The quantitative estimate of drug-likeness (QED) is 0.131. The lowest BCUT2D eigenvalue weighted by Crippen LogP contribution is -2.18. The Balaban J connectivity index is 0.00000307. The van der Waals surface area contributed by atoms with Gasteiger partial charge in [0.2, 0.25) is 0 Å². The van der Waals surface area contributed by atoms with Gasteiger partial charge in [-0.25, -0.2) is 0 Å². The number of hydrogen-bond acceptors (Lipinski definition) is 3. The normalized spacial score (nSPS) is 16.0. The van der Waals surface area contributed by atoms with E-state index >= 15 is 0 Å². The van der Waals surface area contributed by atoms with E-state index in [1.165, 1.54) is 33.3 Å². The van der Waals surface area contributed by atoms with Crippen LogP contribution in [-0.4, -0.2) is 16.6 Å². The maximum absolute atomic E-state index is 14.7. The molecule has 0 fully saturated rings. The molecule has 0 radical (unpaired) electrons. The first-order chi connectivity index (χ1) is 28.5. The second-order valence-electron chi connectivity index (χ2n) is 20.9. The fourth-order valence-electron chi connectivity index (χ4n) is 8.48. The molecular formula is C57H68N2O2. The lowest BCUT2D eigenvalue weighted by atomic mass is 9.79. The molecule has 4 nitrogen and oxygen atoms in total. The summed E-state index contributed by atoms with van der Waals surface area (Å²) >= 11 is 0. The van der Waals surface area contributed by atoms with Crippen LogP contribution in [0.2, 0.25) is 0 Å². The van der Waals surface area contributed by atoms with Gasteiger partial charge in [-0.05, 0) is 130 Å². The zero-order valence-electron chi connectivity index (χ0n) is 39.6. The van der Waals surface area contributed by atoms with Crippen LogP contribution in [0.1, 0.15) is 163 Å². The number of anilines is 2. The Kier molecular flexibility index (Phi) is 12.1. The molecule has 4 aromatic carbocycles. The van der Waals surface area contributed by atoms with E-state index in [4.69, 9.17) is 0 Å². The van der Waals surface area contributed by atoms with E-state index in [1.807, 2.05) is 51.1 Å². The van der Waals surface area contributed by atoms with Crippen LogP contribution in [0.3, 0.4) is 0 Å². The van der Waals surface area contributed by atoms with Gasteiger partial charge in [0.25, 0.3) is 0 Å². The fourth-order valence-corrected chi connectivity index (χ4v) is 8.48. The molecule has 4 heteroatoms. The molecule has 0 N–H and O–H groups in total. The Morgan fingerprint density at radius 3 is 1.93 bits per heavy atom. The predicted octanol–water partition coefficient (Wildman–Crippen LogP) is 15.6. The minimum absolute atomic E-state index is 0.000459.